The fraction of sp³-hybridized carbons (Fsp3) is 0.333. The van der Waals surface area contributed by atoms with Gasteiger partial charge in [0.05, 0.1) is 11.3 Å². The number of aromatic carboxylic acids is 1. The van der Waals surface area contributed by atoms with Crippen LogP contribution in [0.1, 0.15) is 16.8 Å². The molecule has 0 radical (unpaired) electrons. The average molecular weight is 249 g/mol. The number of carboxylic acid groups (broad SMARTS) is 1. The van der Waals surface area contributed by atoms with Gasteiger partial charge in [-0.25, -0.2) is 4.79 Å². The van der Waals surface area contributed by atoms with E-state index in [1.807, 2.05) is 0 Å². The molecule has 0 spiro atoms. The van der Waals surface area contributed by atoms with Crippen LogP contribution in [0.25, 0.3) is 0 Å². The lowest BCUT2D eigenvalue weighted by molar-refractivity contribution is -0.127. The number of nitrogens with two attached hydrogens (primary N) is 1. The number of benzene rings is 1. The minimum atomic E-state index is -1.05. The van der Waals surface area contributed by atoms with Crippen molar-refractivity contribution in [1.82, 2.24) is 4.90 Å². The Morgan fingerprint density at radius 1 is 1.56 bits per heavy atom. The van der Waals surface area contributed by atoms with E-state index in [0.717, 1.165) is 0 Å². The minimum Gasteiger partial charge on any atom is -0.478 e. The topological polar surface area (TPSA) is 95.7 Å². The number of carboxylic acids is 1. The highest BCUT2D eigenvalue weighted by Crippen LogP contribution is 2.22. The zero-order valence-electron chi connectivity index (χ0n) is 10.0. The number of amides is 1. The van der Waals surface area contributed by atoms with E-state index in [9.17, 15) is 9.59 Å². The Balaban J connectivity index is 2.25. The minimum absolute atomic E-state index is 0.0336. The van der Waals surface area contributed by atoms with Crippen molar-refractivity contribution < 1.29 is 14.7 Å². The van der Waals surface area contributed by atoms with Crippen molar-refractivity contribution >= 4 is 23.3 Å². The molecular weight excluding hydrogens is 234 g/mol. The van der Waals surface area contributed by atoms with E-state index in [-0.39, 0.29) is 17.5 Å². The summed E-state index contributed by atoms with van der Waals surface area (Å²) in [6.45, 7) is 0.668. The Bertz CT molecular complexity index is 501. The zero-order chi connectivity index (χ0) is 13.3. The van der Waals surface area contributed by atoms with Gasteiger partial charge in [-0.2, -0.15) is 0 Å². The molecule has 0 aliphatic carbocycles. The third kappa shape index (κ3) is 2.22. The number of likely N-dealkylation sites (tertiary alicyclic amines) is 1. The maximum atomic E-state index is 11.8. The molecule has 18 heavy (non-hydrogen) atoms. The summed E-state index contributed by atoms with van der Waals surface area (Å²) in [7, 11) is 1.72. The van der Waals surface area contributed by atoms with Crippen molar-refractivity contribution in [3.05, 3.63) is 23.8 Å². The van der Waals surface area contributed by atoms with Crippen molar-refractivity contribution in [2.24, 2.45) is 0 Å². The van der Waals surface area contributed by atoms with E-state index in [0.29, 0.717) is 24.3 Å². The third-order valence-electron chi connectivity index (χ3n) is 3.03. The van der Waals surface area contributed by atoms with Crippen molar-refractivity contribution in [2.75, 3.05) is 24.6 Å². The van der Waals surface area contributed by atoms with Crippen molar-refractivity contribution in [3.8, 4) is 0 Å². The van der Waals surface area contributed by atoms with Gasteiger partial charge in [0, 0.05) is 19.3 Å². The van der Waals surface area contributed by atoms with Gasteiger partial charge in [-0.1, -0.05) is 0 Å². The van der Waals surface area contributed by atoms with Crippen LogP contribution in [-0.4, -0.2) is 41.5 Å². The molecule has 1 aliphatic heterocycles. The molecule has 1 saturated heterocycles. The summed E-state index contributed by atoms with van der Waals surface area (Å²) in [6.07, 6.45) is 0.656. The Morgan fingerprint density at radius 2 is 2.28 bits per heavy atom. The summed E-state index contributed by atoms with van der Waals surface area (Å²) in [6, 6.07) is 4.12. The number of anilines is 2. The molecule has 1 atom stereocenters. The van der Waals surface area contributed by atoms with Gasteiger partial charge in [0.25, 0.3) is 0 Å². The van der Waals surface area contributed by atoms with Gasteiger partial charge in [-0.15, -0.1) is 0 Å². The van der Waals surface area contributed by atoms with Crippen LogP contribution in [0.3, 0.4) is 0 Å². The van der Waals surface area contributed by atoms with E-state index in [2.05, 4.69) is 5.32 Å². The van der Waals surface area contributed by atoms with Crippen LogP contribution in [0.5, 0.6) is 0 Å². The van der Waals surface area contributed by atoms with E-state index in [1.54, 1.807) is 11.9 Å². The molecule has 1 aromatic rings. The summed E-state index contributed by atoms with van der Waals surface area (Å²) in [5, 5.41) is 12.0. The monoisotopic (exact) mass is 249 g/mol. The number of nitrogens with one attached hydrogen (secondary N) is 1. The quantitative estimate of drug-likeness (QED) is 0.682. The fourth-order valence-corrected chi connectivity index (χ4v) is 2.01. The predicted octanol–water partition coefficient (Wildman–Crippen LogP) is 0.610. The smallest absolute Gasteiger partial charge is 0.337 e. The van der Waals surface area contributed by atoms with Gasteiger partial charge in [0.15, 0.2) is 0 Å². The SMILES string of the molecule is CN1CCC(Nc2cc(N)ccc2C(=O)O)C1=O. The number of hydrogen-bond acceptors (Lipinski definition) is 4. The lowest BCUT2D eigenvalue weighted by atomic mass is 10.1. The molecular formula is C12H15N3O3. The highest BCUT2D eigenvalue weighted by Gasteiger charge is 2.29. The van der Waals surface area contributed by atoms with Gasteiger partial charge in [-0.3, -0.25) is 4.79 Å². The Kier molecular flexibility index (Phi) is 3.10. The van der Waals surface area contributed by atoms with E-state index in [4.69, 9.17) is 10.8 Å². The van der Waals surface area contributed by atoms with Crippen LogP contribution in [0.2, 0.25) is 0 Å². The van der Waals surface area contributed by atoms with E-state index in [1.165, 1.54) is 18.2 Å². The number of nitrogens with zero attached hydrogens (tertiary/aromatic N) is 1. The molecule has 1 amide bonds. The van der Waals surface area contributed by atoms with Gasteiger partial charge < -0.3 is 21.1 Å². The number of rotatable bonds is 3. The first kappa shape index (κ1) is 12.2. The molecule has 1 fully saturated rings. The molecule has 0 bridgehead atoms. The van der Waals surface area contributed by atoms with Crippen LogP contribution in [0.4, 0.5) is 11.4 Å². The molecule has 6 nitrogen and oxygen atoms in total. The standard InChI is InChI=1S/C12H15N3O3/c1-15-5-4-9(11(15)16)14-10-6-7(13)2-3-8(10)12(17)18/h2-3,6,9,14H,4-5,13H2,1H3,(H,17,18). The van der Waals surface area contributed by atoms with Crippen molar-refractivity contribution in [3.63, 3.8) is 0 Å². The molecule has 2 rings (SSSR count). The number of carbonyl (C=O) groups is 2. The molecule has 0 aromatic heterocycles. The Hall–Kier alpha value is -2.24. The van der Waals surface area contributed by atoms with Gasteiger partial charge >= 0.3 is 5.97 Å². The molecule has 4 N–H and O–H groups in total. The Morgan fingerprint density at radius 3 is 2.83 bits per heavy atom. The zero-order valence-corrected chi connectivity index (χ0v) is 10.0. The predicted molar refractivity (Wildman–Crippen MR) is 67.5 cm³/mol. The molecule has 96 valence electrons. The first-order valence-corrected chi connectivity index (χ1v) is 5.63. The molecule has 6 heteroatoms. The van der Waals surface area contributed by atoms with E-state index < -0.39 is 5.97 Å². The molecule has 1 aromatic carbocycles. The van der Waals surface area contributed by atoms with Crippen molar-refractivity contribution in [2.45, 2.75) is 12.5 Å². The van der Waals surface area contributed by atoms with Crippen LogP contribution in [-0.2, 0) is 4.79 Å². The van der Waals surface area contributed by atoms with Crippen LogP contribution in [0, 0.1) is 0 Å². The first-order chi connectivity index (χ1) is 8.49. The summed E-state index contributed by atoms with van der Waals surface area (Å²) in [5.41, 5.74) is 6.60. The largest absolute Gasteiger partial charge is 0.478 e. The number of hydrogen-bond donors (Lipinski definition) is 3. The maximum absolute atomic E-state index is 11.8. The molecule has 0 saturated carbocycles. The average Bonchev–Trinajstić information content (AvgIpc) is 2.61. The highest BCUT2D eigenvalue weighted by atomic mass is 16.4. The summed E-state index contributed by atoms with van der Waals surface area (Å²) in [5.74, 6) is -1.08. The Labute approximate surface area is 104 Å². The van der Waals surface area contributed by atoms with Gasteiger partial charge in [0.2, 0.25) is 5.91 Å². The lowest BCUT2D eigenvalue weighted by Gasteiger charge is -2.15. The van der Waals surface area contributed by atoms with Gasteiger partial charge in [-0.05, 0) is 24.6 Å². The van der Waals surface area contributed by atoms with E-state index >= 15 is 0 Å². The van der Waals surface area contributed by atoms with Crippen LogP contribution < -0.4 is 11.1 Å². The highest BCUT2D eigenvalue weighted by molar-refractivity contribution is 5.96. The number of nitrogen functional groups attached to an aromatic ring is 1. The third-order valence-corrected chi connectivity index (χ3v) is 3.03. The summed E-state index contributed by atoms with van der Waals surface area (Å²) >= 11 is 0. The van der Waals surface area contributed by atoms with Crippen LogP contribution >= 0.6 is 0 Å². The molecule has 1 unspecified atom stereocenters. The second kappa shape index (κ2) is 4.56. The lowest BCUT2D eigenvalue weighted by Crippen LogP contribution is -2.31. The molecule has 1 aliphatic rings. The fourth-order valence-electron chi connectivity index (χ4n) is 2.01. The summed E-state index contributed by atoms with van der Waals surface area (Å²) in [4.78, 5) is 24.5. The number of carbonyl (C=O) groups excluding carboxylic acids is 1. The maximum Gasteiger partial charge on any atom is 0.337 e. The second-order valence-corrected chi connectivity index (χ2v) is 4.36. The second-order valence-electron chi connectivity index (χ2n) is 4.36. The summed E-state index contributed by atoms with van der Waals surface area (Å²) < 4.78 is 0. The van der Waals surface area contributed by atoms with Crippen molar-refractivity contribution in [1.29, 1.82) is 0 Å². The number of likely N-dealkylation sites (N-methyl/N-ethyl adjacent to an activating group) is 1. The molecule has 1 heterocycles. The van der Waals surface area contributed by atoms with Crippen LogP contribution in [0.15, 0.2) is 18.2 Å². The first-order valence-electron chi connectivity index (χ1n) is 5.63. The van der Waals surface area contributed by atoms with Gasteiger partial charge in [0.1, 0.15) is 6.04 Å². The normalized spacial score (nSPS) is 19.1.